The van der Waals surface area contributed by atoms with Gasteiger partial charge in [-0.25, -0.2) is 8.42 Å². The molecule has 1 aromatic rings. The SMILES string of the molecule is CNCCC1CCN(S(=O)(=O)c2cc([N+](=O)[O-])ccc2C)CC1. The van der Waals surface area contributed by atoms with Crippen molar-refractivity contribution in [3.63, 3.8) is 0 Å². The molecule has 1 aromatic carbocycles. The van der Waals surface area contributed by atoms with Crippen LogP contribution in [0.2, 0.25) is 0 Å². The Labute approximate surface area is 136 Å². The topological polar surface area (TPSA) is 92.6 Å². The zero-order valence-corrected chi connectivity index (χ0v) is 14.3. The van der Waals surface area contributed by atoms with Crippen molar-refractivity contribution in [2.75, 3.05) is 26.7 Å². The molecule has 1 aliphatic rings. The molecule has 1 N–H and O–H groups in total. The van der Waals surface area contributed by atoms with Crippen molar-refractivity contribution in [3.05, 3.63) is 33.9 Å². The first kappa shape index (κ1) is 17.8. The molecule has 0 radical (unpaired) electrons. The van der Waals surface area contributed by atoms with Crippen LogP contribution >= 0.6 is 0 Å². The standard InChI is InChI=1S/C15H23N3O4S/c1-12-3-4-14(18(19)20)11-15(12)23(21,22)17-9-6-13(7-10-17)5-8-16-2/h3-4,11,13,16H,5-10H2,1-2H3. The summed E-state index contributed by atoms with van der Waals surface area (Å²) in [5.41, 5.74) is 0.339. The van der Waals surface area contributed by atoms with E-state index in [9.17, 15) is 18.5 Å². The number of nitro groups is 1. The number of nitrogens with zero attached hydrogens (tertiary/aromatic N) is 2. The van der Waals surface area contributed by atoms with Gasteiger partial charge in [-0.15, -0.1) is 0 Å². The number of sulfonamides is 1. The second kappa shape index (κ2) is 7.37. The van der Waals surface area contributed by atoms with Crippen LogP contribution in [0.1, 0.15) is 24.8 Å². The van der Waals surface area contributed by atoms with E-state index >= 15 is 0 Å². The normalized spacial score (nSPS) is 17.3. The van der Waals surface area contributed by atoms with E-state index in [1.165, 1.54) is 16.4 Å². The molecule has 1 saturated heterocycles. The predicted molar refractivity (Wildman–Crippen MR) is 87.9 cm³/mol. The summed E-state index contributed by atoms with van der Waals surface area (Å²) in [7, 11) is -1.77. The highest BCUT2D eigenvalue weighted by Crippen LogP contribution is 2.29. The maximum absolute atomic E-state index is 12.8. The molecule has 1 heterocycles. The summed E-state index contributed by atoms with van der Waals surface area (Å²) in [5, 5.41) is 14.0. The molecule has 2 rings (SSSR count). The molecule has 0 aromatic heterocycles. The molecular weight excluding hydrogens is 318 g/mol. The van der Waals surface area contributed by atoms with Gasteiger partial charge < -0.3 is 5.32 Å². The summed E-state index contributed by atoms with van der Waals surface area (Å²) in [5.74, 6) is 0.528. The Kier molecular flexibility index (Phi) is 5.72. The molecule has 23 heavy (non-hydrogen) atoms. The number of nitrogens with one attached hydrogen (secondary N) is 1. The number of rotatable bonds is 6. The molecule has 0 amide bonds. The third kappa shape index (κ3) is 4.07. The van der Waals surface area contributed by atoms with Gasteiger partial charge in [0.25, 0.3) is 5.69 Å². The van der Waals surface area contributed by atoms with Gasteiger partial charge in [0.2, 0.25) is 10.0 Å². The molecule has 0 spiro atoms. The van der Waals surface area contributed by atoms with E-state index < -0.39 is 14.9 Å². The van der Waals surface area contributed by atoms with Crippen LogP contribution in [0.4, 0.5) is 5.69 Å². The van der Waals surface area contributed by atoms with Crippen molar-refractivity contribution >= 4 is 15.7 Å². The molecule has 0 saturated carbocycles. The fraction of sp³-hybridized carbons (Fsp3) is 0.600. The molecule has 128 valence electrons. The Morgan fingerprint density at radius 1 is 1.35 bits per heavy atom. The Hall–Kier alpha value is -1.51. The van der Waals surface area contributed by atoms with Crippen LogP contribution in [0.15, 0.2) is 23.1 Å². The van der Waals surface area contributed by atoms with Gasteiger partial charge in [-0.3, -0.25) is 10.1 Å². The Morgan fingerprint density at radius 2 is 2.00 bits per heavy atom. The number of benzene rings is 1. The van der Waals surface area contributed by atoms with Gasteiger partial charge >= 0.3 is 0 Å². The first-order valence-corrected chi connectivity index (χ1v) is 9.20. The second-order valence-corrected chi connectivity index (χ2v) is 7.85. The smallest absolute Gasteiger partial charge is 0.270 e. The van der Waals surface area contributed by atoms with Crippen molar-refractivity contribution < 1.29 is 13.3 Å². The summed E-state index contributed by atoms with van der Waals surface area (Å²) in [4.78, 5) is 10.4. The molecule has 1 aliphatic heterocycles. The molecule has 8 heteroatoms. The van der Waals surface area contributed by atoms with Gasteiger partial charge in [-0.05, 0) is 51.3 Å². The quantitative estimate of drug-likeness (QED) is 0.630. The summed E-state index contributed by atoms with van der Waals surface area (Å²) in [6, 6.07) is 3.99. The summed E-state index contributed by atoms with van der Waals surface area (Å²) >= 11 is 0. The van der Waals surface area contributed by atoms with Gasteiger partial charge in [0, 0.05) is 25.2 Å². The molecule has 0 aliphatic carbocycles. The number of aryl methyl sites for hydroxylation is 1. The van der Waals surface area contributed by atoms with Crippen LogP contribution < -0.4 is 5.32 Å². The monoisotopic (exact) mass is 341 g/mol. The number of hydrogen-bond donors (Lipinski definition) is 1. The lowest BCUT2D eigenvalue weighted by Crippen LogP contribution is -2.39. The van der Waals surface area contributed by atoms with E-state index in [0.717, 1.165) is 31.9 Å². The van der Waals surface area contributed by atoms with Gasteiger partial charge in [-0.2, -0.15) is 4.31 Å². The van der Waals surface area contributed by atoms with Crippen LogP contribution in [0, 0.1) is 23.0 Å². The minimum Gasteiger partial charge on any atom is -0.320 e. The molecule has 7 nitrogen and oxygen atoms in total. The lowest BCUT2D eigenvalue weighted by molar-refractivity contribution is -0.385. The average molecular weight is 341 g/mol. The van der Waals surface area contributed by atoms with Gasteiger partial charge in [0.05, 0.1) is 9.82 Å². The van der Waals surface area contributed by atoms with Crippen molar-refractivity contribution in [1.29, 1.82) is 0 Å². The van der Waals surface area contributed by atoms with Crippen LogP contribution in [0.25, 0.3) is 0 Å². The number of hydrogen-bond acceptors (Lipinski definition) is 5. The third-order valence-electron chi connectivity index (χ3n) is 4.38. The Bertz CT molecular complexity index is 667. The van der Waals surface area contributed by atoms with Crippen molar-refractivity contribution in [3.8, 4) is 0 Å². The zero-order valence-electron chi connectivity index (χ0n) is 13.5. The predicted octanol–water partition coefficient (Wildman–Crippen LogP) is 1.91. The summed E-state index contributed by atoms with van der Waals surface area (Å²) in [6.45, 7) is 3.54. The highest BCUT2D eigenvalue weighted by molar-refractivity contribution is 7.89. The van der Waals surface area contributed by atoms with E-state index in [1.54, 1.807) is 6.92 Å². The van der Waals surface area contributed by atoms with Crippen molar-refractivity contribution in [1.82, 2.24) is 9.62 Å². The lowest BCUT2D eigenvalue weighted by atomic mass is 9.95. The fourth-order valence-electron chi connectivity index (χ4n) is 2.91. The van der Waals surface area contributed by atoms with E-state index in [4.69, 9.17) is 0 Å². The third-order valence-corrected chi connectivity index (χ3v) is 6.42. The summed E-state index contributed by atoms with van der Waals surface area (Å²) in [6.07, 6.45) is 2.70. The fourth-order valence-corrected chi connectivity index (χ4v) is 4.62. The number of non-ortho nitro benzene ring substituents is 1. The minimum absolute atomic E-state index is 0.0420. The average Bonchev–Trinajstić information content (AvgIpc) is 2.53. The van der Waals surface area contributed by atoms with Crippen LogP contribution in [-0.2, 0) is 10.0 Å². The molecule has 0 bridgehead atoms. The van der Waals surface area contributed by atoms with Gasteiger partial charge in [0.1, 0.15) is 0 Å². The second-order valence-electron chi connectivity index (χ2n) is 5.95. The lowest BCUT2D eigenvalue weighted by Gasteiger charge is -2.31. The largest absolute Gasteiger partial charge is 0.320 e. The minimum atomic E-state index is -3.68. The zero-order chi connectivity index (χ0) is 17.0. The van der Waals surface area contributed by atoms with Gasteiger partial charge in [-0.1, -0.05) is 6.07 Å². The molecule has 1 fully saturated rings. The van der Waals surface area contributed by atoms with Crippen LogP contribution in [-0.4, -0.2) is 44.3 Å². The number of piperidine rings is 1. The highest BCUT2D eigenvalue weighted by Gasteiger charge is 2.31. The molecular formula is C15H23N3O4S. The first-order chi connectivity index (χ1) is 10.9. The van der Waals surface area contributed by atoms with Crippen LogP contribution in [0.3, 0.4) is 0 Å². The maximum Gasteiger partial charge on any atom is 0.270 e. The van der Waals surface area contributed by atoms with E-state index in [-0.39, 0.29) is 10.6 Å². The summed E-state index contributed by atoms with van der Waals surface area (Å²) < 4.78 is 27.0. The van der Waals surface area contributed by atoms with Crippen LogP contribution in [0.5, 0.6) is 0 Å². The van der Waals surface area contributed by atoms with Gasteiger partial charge in [0.15, 0.2) is 0 Å². The van der Waals surface area contributed by atoms with Crippen molar-refractivity contribution in [2.45, 2.75) is 31.1 Å². The number of nitro benzene ring substituents is 1. The van der Waals surface area contributed by atoms with E-state index in [1.807, 2.05) is 7.05 Å². The Morgan fingerprint density at radius 3 is 2.57 bits per heavy atom. The Balaban J connectivity index is 2.17. The highest BCUT2D eigenvalue weighted by atomic mass is 32.2. The van der Waals surface area contributed by atoms with E-state index in [2.05, 4.69) is 5.32 Å². The van der Waals surface area contributed by atoms with Crippen molar-refractivity contribution in [2.24, 2.45) is 5.92 Å². The molecule has 0 atom stereocenters. The maximum atomic E-state index is 12.8. The molecule has 0 unspecified atom stereocenters. The first-order valence-electron chi connectivity index (χ1n) is 7.76. The van der Waals surface area contributed by atoms with E-state index in [0.29, 0.717) is 24.6 Å².